The summed E-state index contributed by atoms with van der Waals surface area (Å²) in [7, 11) is 1.37. The second-order valence-corrected chi connectivity index (χ2v) is 4.60. The van der Waals surface area contributed by atoms with Crippen molar-refractivity contribution >= 4 is 5.97 Å². The molecule has 0 spiro atoms. The van der Waals surface area contributed by atoms with Gasteiger partial charge in [-0.25, -0.2) is 0 Å². The van der Waals surface area contributed by atoms with E-state index in [2.05, 4.69) is 0 Å². The van der Waals surface area contributed by atoms with Crippen LogP contribution in [0.1, 0.15) is 0 Å². The summed E-state index contributed by atoms with van der Waals surface area (Å²) in [6, 6.07) is 0. The van der Waals surface area contributed by atoms with Crippen LogP contribution in [0.4, 0.5) is 0 Å². The maximum Gasteiger partial charge on any atom is 0.311 e. The summed E-state index contributed by atoms with van der Waals surface area (Å²) in [4.78, 5) is 11.6. The molecular weight excluding hydrogens is 212 g/mol. The molecule has 0 bridgehead atoms. The van der Waals surface area contributed by atoms with Gasteiger partial charge in [-0.2, -0.15) is 0 Å². The zero-order chi connectivity index (χ0) is 11.3. The molecule has 16 heavy (non-hydrogen) atoms. The first-order valence-electron chi connectivity index (χ1n) is 5.38. The predicted octanol–water partition coefficient (Wildman–Crippen LogP) is -0.305. The van der Waals surface area contributed by atoms with Gasteiger partial charge < -0.3 is 19.3 Å². The molecule has 2 heterocycles. The summed E-state index contributed by atoms with van der Waals surface area (Å²) in [6.07, 6.45) is 3.22. The zero-order valence-electron chi connectivity index (χ0n) is 8.96. The zero-order valence-corrected chi connectivity index (χ0v) is 8.96. The highest BCUT2D eigenvalue weighted by atomic mass is 16.7. The third-order valence-electron chi connectivity index (χ3n) is 3.78. The fourth-order valence-corrected chi connectivity index (χ4v) is 2.94. The van der Waals surface area contributed by atoms with Crippen LogP contribution in [0.5, 0.6) is 0 Å². The van der Waals surface area contributed by atoms with E-state index in [0.717, 1.165) is 0 Å². The molecule has 2 fully saturated rings. The molecule has 0 amide bonds. The highest BCUT2D eigenvalue weighted by molar-refractivity contribution is 5.73. The van der Waals surface area contributed by atoms with Crippen LogP contribution >= 0.6 is 0 Å². The van der Waals surface area contributed by atoms with E-state index in [-0.39, 0.29) is 30.3 Å². The largest absolute Gasteiger partial charge is 0.469 e. The van der Waals surface area contributed by atoms with Crippen LogP contribution in [-0.2, 0) is 19.0 Å². The summed E-state index contributed by atoms with van der Waals surface area (Å²) < 4.78 is 15.6. The SMILES string of the molecule is COC(=O)C1COC2OCC3(O)C=CC1C23. The number of rotatable bonds is 1. The number of allylic oxidation sites excluding steroid dienone is 1. The molecule has 2 aliphatic heterocycles. The van der Waals surface area contributed by atoms with E-state index in [0.29, 0.717) is 6.61 Å². The Labute approximate surface area is 93.0 Å². The van der Waals surface area contributed by atoms with E-state index in [1.807, 2.05) is 6.08 Å². The van der Waals surface area contributed by atoms with Crippen molar-refractivity contribution in [2.75, 3.05) is 20.3 Å². The maximum absolute atomic E-state index is 11.6. The number of carbonyl (C=O) groups excluding carboxylic acids is 1. The van der Waals surface area contributed by atoms with Gasteiger partial charge in [-0.1, -0.05) is 12.2 Å². The standard InChI is InChI=1S/C11H14O5/c1-14-9(12)7-4-15-10-8-6(7)2-3-11(8,13)5-16-10/h2-3,6-8,10,13H,4-5H2,1H3. The van der Waals surface area contributed by atoms with E-state index in [1.54, 1.807) is 6.08 Å². The molecule has 5 heteroatoms. The summed E-state index contributed by atoms with van der Waals surface area (Å²) in [5.74, 6) is -0.841. The second-order valence-electron chi connectivity index (χ2n) is 4.60. The number of methoxy groups -OCH3 is 1. The molecule has 0 aromatic heterocycles. The van der Waals surface area contributed by atoms with Crippen LogP contribution in [0, 0.1) is 17.8 Å². The Morgan fingerprint density at radius 3 is 3.12 bits per heavy atom. The monoisotopic (exact) mass is 226 g/mol. The summed E-state index contributed by atoms with van der Waals surface area (Å²) in [6.45, 7) is 0.530. The maximum atomic E-state index is 11.6. The van der Waals surface area contributed by atoms with Crippen molar-refractivity contribution in [2.24, 2.45) is 17.8 Å². The molecule has 5 unspecified atom stereocenters. The van der Waals surface area contributed by atoms with Crippen LogP contribution in [0.15, 0.2) is 12.2 Å². The van der Waals surface area contributed by atoms with Crippen molar-refractivity contribution in [1.29, 1.82) is 0 Å². The van der Waals surface area contributed by atoms with Crippen molar-refractivity contribution < 1.29 is 24.1 Å². The molecule has 5 nitrogen and oxygen atoms in total. The Balaban J connectivity index is 1.90. The van der Waals surface area contributed by atoms with Gasteiger partial charge in [0.1, 0.15) is 5.60 Å². The molecule has 88 valence electrons. The van der Waals surface area contributed by atoms with Crippen LogP contribution in [0.3, 0.4) is 0 Å². The lowest BCUT2D eigenvalue weighted by Crippen LogP contribution is -2.47. The minimum absolute atomic E-state index is 0.0429. The Morgan fingerprint density at radius 2 is 2.38 bits per heavy atom. The van der Waals surface area contributed by atoms with Crippen LogP contribution in [0.2, 0.25) is 0 Å². The molecule has 3 rings (SSSR count). The molecule has 0 radical (unpaired) electrons. The van der Waals surface area contributed by atoms with Crippen LogP contribution in [0.25, 0.3) is 0 Å². The third-order valence-corrected chi connectivity index (χ3v) is 3.78. The van der Waals surface area contributed by atoms with Crippen molar-refractivity contribution in [3.63, 3.8) is 0 Å². The molecule has 0 saturated carbocycles. The van der Waals surface area contributed by atoms with Gasteiger partial charge in [-0.05, 0) is 0 Å². The first-order valence-corrected chi connectivity index (χ1v) is 5.38. The Hall–Kier alpha value is -0.910. The van der Waals surface area contributed by atoms with Crippen molar-refractivity contribution in [3.8, 4) is 0 Å². The molecular formula is C11H14O5. The number of aliphatic hydroxyl groups is 1. The van der Waals surface area contributed by atoms with Crippen molar-refractivity contribution in [3.05, 3.63) is 12.2 Å². The molecule has 3 aliphatic rings. The third kappa shape index (κ3) is 1.19. The summed E-state index contributed by atoms with van der Waals surface area (Å²) in [5.41, 5.74) is -0.970. The van der Waals surface area contributed by atoms with E-state index in [1.165, 1.54) is 7.11 Å². The van der Waals surface area contributed by atoms with E-state index in [9.17, 15) is 9.90 Å². The quantitative estimate of drug-likeness (QED) is 0.491. The van der Waals surface area contributed by atoms with E-state index >= 15 is 0 Å². The molecule has 0 aromatic rings. The van der Waals surface area contributed by atoms with Gasteiger partial charge in [0.25, 0.3) is 0 Å². The number of esters is 1. The lowest BCUT2D eigenvalue weighted by Gasteiger charge is -2.36. The number of hydrogen-bond acceptors (Lipinski definition) is 5. The second kappa shape index (κ2) is 3.29. The lowest BCUT2D eigenvalue weighted by atomic mass is 9.77. The molecule has 1 N–H and O–H groups in total. The van der Waals surface area contributed by atoms with Gasteiger partial charge in [-0.3, -0.25) is 4.79 Å². The molecule has 2 saturated heterocycles. The molecule has 1 aliphatic carbocycles. The first-order chi connectivity index (χ1) is 7.65. The fourth-order valence-electron chi connectivity index (χ4n) is 2.94. The normalized spacial score (nSPS) is 49.1. The summed E-state index contributed by atoms with van der Waals surface area (Å²) in [5, 5.41) is 10.3. The van der Waals surface area contributed by atoms with Gasteiger partial charge >= 0.3 is 5.97 Å². The number of carbonyl (C=O) groups is 1. The molecule has 5 atom stereocenters. The van der Waals surface area contributed by atoms with E-state index in [4.69, 9.17) is 14.2 Å². The van der Waals surface area contributed by atoms with Gasteiger partial charge in [0, 0.05) is 5.92 Å². The van der Waals surface area contributed by atoms with Crippen LogP contribution < -0.4 is 0 Å². The van der Waals surface area contributed by atoms with Crippen LogP contribution in [-0.4, -0.2) is 43.3 Å². The van der Waals surface area contributed by atoms with Gasteiger partial charge in [0.15, 0.2) is 6.29 Å². The minimum atomic E-state index is -0.970. The number of hydrogen-bond donors (Lipinski definition) is 1. The smallest absolute Gasteiger partial charge is 0.311 e. The van der Waals surface area contributed by atoms with E-state index < -0.39 is 11.9 Å². The Morgan fingerprint density at radius 1 is 1.56 bits per heavy atom. The average Bonchev–Trinajstić information content (AvgIpc) is 2.81. The van der Waals surface area contributed by atoms with Crippen molar-refractivity contribution in [1.82, 2.24) is 0 Å². The predicted molar refractivity (Wildman–Crippen MR) is 52.3 cm³/mol. The lowest BCUT2D eigenvalue weighted by molar-refractivity contribution is -0.193. The Bertz CT molecular complexity index is 352. The van der Waals surface area contributed by atoms with Gasteiger partial charge in [-0.15, -0.1) is 0 Å². The van der Waals surface area contributed by atoms with Crippen molar-refractivity contribution in [2.45, 2.75) is 11.9 Å². The highest BCUT2D eigenvalue weighted by Gasteiger charge is 2.59. The molecule has 0 aromatic carbocycles. The fraction of sp³-hybridized carbons (Fsp3) is 0.727. The van der Waals surface area contributed by atoms with Gasteiger partial charge in [0.2, 0.25) is 0 Å². The summed E-state index contributed by atoms with van der Waals surface area (Å²) >= 11 is 0. The minimum Gasteiger partial charge on any atom is -0.469 e. The number of ether oxygens (including phenoxy) is 3. The Kier molecular flexibility index (Phi) is 2.11. The van der Waals surface area contributed by atoms with Gasteiger partial charge in [0.05, 0.1) is 32.2 Å². The topological polar surface area (TPSA) is 65.0 Å². The first kappa shape index (κ1) is 10.3. The highest BCUT2D eigenvalue weighted by Crippen LogP contribution is 2.49. The average molecular weight is 226 g/mol.